The van der Waals surface area contributed by atoms with Gasteiger partial charge in [-0.25, -0.2) is 0 Å². The molecule has 11 heavy (non-hydrogen) atoms. The second kappa shape index (κ2) is 2.59. The minimum absolute atomic E-state index is 0.133. The summed E-state index contributed by atoms with van der Waals surface area (Å²) >= 11 is 0. The average molecular weight is 154 g/mol. The molecule has 0 aliphatic heterocycles. The van der Waals surface area contributed by atoms with Crippen molar-refractivity contribution in [2.75, 3.05) is 0 Å². The maximum atomic E-state index is 7.83. The summed E-state index contributed by atoms with van der Waals surface area (Å²) in [4.78, 5) is 0. The van der Waals surface area contributed by atoms with Crippen LogP contribution in [0.5, 0.6) is 0 Å². The monoisotopic (exact) mass is 154 g/mol. The first-order valence-corrected chi connectivity index (χ1v) is 4.30. The van der Waals surface area contributed by atoms with Gasteiger partial charge in [-0.05, 0) is 18.8 Å². The molecule has 64 valence electrons. The fourth-order valence-corrected chi connectivity index (χ4v) is 2.01. The fourth-order valence-electron chi connectivity index (χ4n) is 2.01. The normalized spacial score (nSPS) is 37.0. The van der Waals surface area contributed by atoms with Crippen LogP contribution in [0.4, 0.5) is 0 Å². The number of hydrogen-bond donors (Lipinski definition) is 2. The molecule has 1 rings (SSSR count). The Labute approximate surface area is 68.7 Å². The highest BCUT2D eigenvalue weighted by Crippen LogP contribution is 2.42. The van der Waals surface area contributed by atoms with Crippen LogP contribution in [0.15, 0.2) is 0 Å². The van der Waals surface area contributed by atoms with Crippen molar-refractivity contribution >= 4 is 5.71 Å². The lowest BCUT2D eigenvalue weighted by atomic mass is 9.62. The molecule has 0 spiro atoms. The van der Waals surface area contributed by atoms with Crippen molar-refractivity contribution in [3.63, 3.8) is 0 Å². The van der Waals surface area contributed by atoms with Crippen LogP contribution >= 0.6 is 0 Å². The second-order valence-electron chi connectivity index (χ2n) is 4.30. The maximum Gasteiger partial charge on any atom is 0.0175 e. The van der Waals surface area contributed by atoms with Gasteiger partial charge in [-0.2, -0.15) is 0 Å². The standard InChI is InChI=1S/C9H18N2/c1-6(2)8(11)9(3)4-7(10)5-9/h6-7,11H,4-5,10H2,1-3H3. The molecule has 0 unspecified atom stereocenters. The van der Waals surface area contributed by atoms with Crippen LogP contribution < -0.4 is 5.73 Å². The zero-order chi connectivity index (χ0) is 8.65. The zero-order valence-corrected chi connectivity index (χ0v) is 7.65. The number of hydrogen-bond acceptors (Lipinski definition) is 2. The summed E-state index contributed by atoms with van der Waals surface area (Å²) in [5.74, 6) is 0.382. The third-order valence-electron chi connectivity index (χ3n) is 2.65. The zero-order valence-electron chi connectivity index (χ0n) is 7.65. The highest BCUT2D eigenvalue weighted by molar-refractivity contribution is 5.89. The second-order valence-corrected chi connectivity index (χ2v) is 4.30. The minimum atomic E-state index is 0.133. The van der Waals surface area contributed by atoms with Crippen molar-refractivity contribution in [2.24, 2.45) is 17.1 Å². The molecule has 0 saturated heterocycles. The van der Waals surface area contributed by atoms with Crippen LogP contribution in [-0.4, -0.2) is 11.8 Å². The van der Waals surface area contributed by atoms with E-state index in [9.17, 15) is 0 Å². The van der Waals surface area contributed by atoms with Crippen molar-refractivity contribution in [3.05, 3.63) is 0 Å². The first-order valence-electron chi connectivity index (χ1n) is 4.30. The van der Waals surface area contributed by atoms with Gasteiger partial charge in [-0.1, -0.05) is 20.8 Å². The molecule has 0 bridgehead atoms. The average Bonchev–Trinajstić information content (AvgIpc) is 1.83. The van der Waals surface area contributed by atoms with Crippen molar-refractivity contribution in [3.8, 4) is 0 Å². The van der Waals surface area contributed by atoms with Gasteiger partial charge in [0.1, 0.15) is 0 Å². The lowest BCUT2D eigenvalue weighted by Gasteiger charge is -2.45. The van der Waals surface area contributed by atoms with Crippen molar-refractivity contribution in [1.82, 2.24) is 0 Å². The summed E-state index contributed by atoms with van der Waals surface area (Å²) in [6, 6.07) is 0.346. The van der Waals surface area contributed by atoms with Gasteiger partial charge in [-0.15, -0.1) is 0 Å². The molecule has 0 amide bonds. The molecule has 1 saturated carbocycles. The number of rotatable bonds is 2. The van der Waals surface area contributed by atoms with Crippen molar-refractivity contribution in [1.29, 1.82) is 5.41 Å². The molecule has 0 aromatic heterocycles. The van der Waals surface area contributed by atoms with Crippen LogP contribution in [0.25, 0.3) is 0 Å². The van der Waals surface area contributed by atoms with E-state index in [4.69, 9.17) is 11.1 Å². The lowest BCUT2D eigenvalue weighted by molar-refractivity contribution is 0.209. The Hall–Kier alpha value is -0.370. The van der Waals surface area contributed by atoms with E-state index in [0.29, 0.717) is 12.0 Å². The van der Waals surface area contributed by atoms with E-state index in [0.717, 1.165) is 18.6 Å². The Bertz CT molecular complexity index is 166. The molecule has 0 radical (unpaired) electrons. The van der Waals surface area contributed by atoms with E-state index in [-0.39, 0.29) is 5.41 Å². The van der Waals surface area contributed by atoms with Gasteiger partial charge in [0.15, 0.2) is 0 Å². The topological polar surface area (TPSA) is 49.9 Å². The lowest BCUT2D eigenvalue weighted by Crippen LogP contribution is -2.49. The van der Waals surface area contributed by atoms with E-state index < -0.39 is 0 Å². The third kappa shape index (κ3) is 1.45. The maximum absolute atomic E-state index is 7.83. The molecule has 0 atom stereocenters. The molecule has 0 aromatic carbocycles. The Kier molecular flexibility index (Phi) is 2.06. The summed E-state index contributed by atoms with van der Waals surface area (Å²) in [6.07, 6.45) is 2.01. The van der Waals surface area contributed by atoms with Crippen molar-refractivity contribution in [2.45, 2.75) is 39.7 Å². The van der Waals surface area contributed by atoms with E-state index in [1.807, 2.05) is 0 Å². The summed E-state index contributed by atoms with van der Waals surface area (Å²) < 4.78 is 0. The van der Waals surface area contributed by atoms with Gasteiger partial charge in [0, 0.05) is 17.2 Å². The summed E-state index contributed by atoms with van der Waals surface area (Å²) in [6.45, 7) is 6.31. The van der Waals surface area contributed by atoms with E-state index >= 15 is 0 Å². The Balaban J connectivity index is 2.54. The third-order valence-corrected chi connectivity index (χ3v) is 2.65. The Morgan fingerprint density at radius 1 is 1.55 bits per heavy atom. The van der Waals surface area contributed by atoms with Crippen LogP contribution in [-0.2, 0) is 0 Å². The predicted octanol–water partition coefficient (Wildman–Crippen LogP) is 1.79. The molecule has 1 aliphatic rings. The Morgan fingerprint density at radius 3 is 2.27 bits per heavy atom. The first kappa shape index (κ1) is 8.72. The fraction of sp³-hybridized carbons (Fsp3) is 0.889. The first-order chi connectivity index (χ1) is 4.96. The van der Waals surface area contributed by atoms with Gasteiger partial charge in [0.2, 0.25) is 0 Å². The number of nitrogens with one attached hydrogen (secondary N) is 1. The van der Waals surface area contributed by atoms with Crippen LogP contribution in [0.3, 0.4) is 0 Å². The summed E-state index contributed by atoms with van der Waals surface area (Å²) in [5, 5.41) is 7.83. The number of nitrogens with two attached hydrogens (primary N) is 1. The van der Waals surface area contributed by atoms with Gasteiger partial charge in [0.25, 0.3) is 0 Å². The largest absolute Gasteiger partial charge is 0.328 e. The van der Waals surface area contributed by atoms with E-state index in [1.165, 1.54) is 0 Å². The van der Waals surface area contributed by atoms with Gasteiger partial charge in [-0.3, -0.25) is 0 Å². The van der Waals surface area contributed by atoms with Gasteiger partial charge >= 0.3 is 0 Å². The molecular weight excluding hydrogens is 136 g/mol. The molecule has 2 heteroatoms. The smallest absolute Gasteiger partial charge is 0.0175 e. The molecule has 1 fully saturated rings. The molecule has 0 aromatic rings. The highest BCUT2D eigenvalue weighted by Gasteiger charge is 2.42. The van der Waals surface area contributed by atoms with Crippen molar-refractivity contribution < 1.29 is 0 Å². The van der Waals surface area contributed by atoms with Crippen LogP contribution in [0.2, 0.25) is 0 Å². The van der Waals surface area contributed by atoms with Gasteiger partial charge < -0.3 is 11.1 Å². The molecule has 3 N–H and O–H groups in total. The van der Waals surface area contributed by atoms with Gasteiger partial charge in [0.05, 0.1) is 0 Å². The highest BCUT2D eigenvalue weighted by atomic mass is 14.7. The Morgan fingerprint density at radius 2 is 2.00 bits per heavy atom. The van der Waals surface area contributed by atoms with Crippen LogP contribution in [0.1, 0.15) is 33.6 Å². The molecular formula is C9H18N2. The predicted molar refractivity (Wildman–Crippen MR) is 47.9 cm³/mol. The quantitative estimate of drug-likeness (QED) is 0.585. The molecule has 1 aliphatic carbocycles. The van der Waals surface area contributed by atoms with Crippen LogP contribution in [0, 0.1) is 16.7 Å². The summed E-state index contributed by atoms with van der Waals surface area (Å²) in [7, 11) is 0. The SMILES string of the molecule is CC(C)C(=N)C1(C)CC(N)C1. The summed E-state index contributed by atoms with van der Waals surface area (Å²) in [5.41, 5.74) is 6.70. The minimum Gasteiger partial charge on any atom is -0.328 e. The molecule has 2 nitrogen and oxygen atoms in total. The van der Waals surface area contributed by atoms with E-state index in [1.54, 1.807) is 0 Å². The molecule has 0 heterocycles. The van der Waals surface area contributed by atoms with E-state index in [2.05, 4.69) is 20.8 Å².